The third kappa shape index (κ3) is 1.59. The van der Waals surface area contributed by atoms with Crippen LogP contribution in [0.1, 0.15) is 10.1 Å². The van der Waals surface area contributed by atoms with Gasteiger partial charge in [-0.05, 0) is 11.4 Å². The largest absolute Gasteiger partial charge is 0.223 e. The maximum Gasteiger partial charge on any atom is 0.183 e. The van der Waals surface area contributed by atoms with Gasteiger partial charge >= 0.3 is 0 Å². The van der Waals surface area contributed by atoms with Gasteiger partial charge in [0.25, 0.3) is 0 Å². The summed E-state index contributed by atoms with van der Waals surface area (Å²) in [5.41, 5.74) is 0. The molecule has 2 rings (SSSR count). The summed E-state index contributed by atoms with van der Waals surface area (Å²) in [6, 6.07) is 3.71. The molecule has 0 saturated heterocycles. The molecule has 1 aliphatic heterocycles. The van der Waals surface area contributed by atoms with E-state index >= 15 is 0 Å². The van der Waals surface area contributed by atoms with Crippen LogP contribution >= 0.6 is 11.3 Å². The van der Waals surface area contributed by atoms with Crippen molar-refractivity contribution in [2.75, 3.05) is 0 Å². The van der Waals surface area contributed by atoms with Gasteiger partial charge < -0.3 is 0 Å². The summed E-state index contributed by atoms with van der Waals surface area (Å²) in [7, 11) is -3.10. The molecule has 2 nitrogen and oxygen atoms in total. The van der Waals surface area contributed by atoms with Gasteiger partial charge in [-0.15, -0.1) is 11.3 Å². The second kappa shape index (κ2) is 3.12. The van der Waals surface area contributed by atoms with Crippen LogP contribution in [0.4, 0.5) is 0 Å². The van der Waals surface area contributed by atoms with Gasteiger partial charge in [-0.1, -0.05) is 24.3 Å². The average molecular weight is 212 g/mol. The molecule has 0 aliphatic carbocycles. The van der Waals surface area contributed by atoms with Crippen molar-refractivity contribution in [3.8, 4) is 0 Å². The van der Waals surface area contributed by atoms with Gasteiger partial charge in [0.05, 0.1) is 0 Å². The van der Waals surface area contributed by atoms with Crippen molar-refractivity contribution in [2.45, 2.75) is 5.25 Å². The van der Waals surface area contributed by atoms with Crippen LogP contribution in [-0.2, 0) is 9.84 Å². The number of rotatable bonds is 1. The molecule has 1 aliphatic rings. The molecule has 1 aromatic heterocycles. The van der Waals surface area contributed by atoms with E-state index in [9.17, 15) is 8.42 Å². The minimum absolute atomic E-state index is 0.475. The normalized spacial score (nSPS) is 24.8. The summed E-state index contributed by atoms with van der Waals surface area (Å²) >= 11 is 1.47. The highest BCUT2D eigenvalue weighted by Crippen LogP contribution is 2.30. The number of allylic oxidation sites excluding steroid dienone is 2. The molecule has 2 heterocycles. The molecule has 68 valence electrons. The standard InChI is InChI=1S/C9H8O2S2/c10-13(11)7-2-1-5-9(13)8-4-3-6-12-8/h1-7,9H. The summed E-state index contributed by atoms with van der Waals surface area (Å²) in [5, 5.41) is 2.67. The maximum absolute atomic E-state index is 11.5. The van der Waals surface area contributed by atoms with Crippen LogP contribution in [-0.4, -0.2) is 8.42 Å². The highest BCUT2D eigenvalue weighted by molar-refractivity contribution is 7.94. The zero-order chi connectivity index (χ0) is 9.31. The lowest BCUT2D eigenvalue weighted by Crippen LogP contribution is -2.08. The van der Waals surface area contributed by atoms with E-state index in [-0.39, 0.29) is 0 Å². The molecule has 13 heavy (non-hydrogen) atoms. The Balaban J connectivity index is 2.46. The Labute approximate surface area is 81.1 Å². The van der Waals surface area contributed by atoms with E-state index in [4.69, 9.17) is 0 Å². The zero-order valence-corrected chi connectivity index (χ0v) is 8.38. The van der Waals surface area contributed by atoms with Crippen molar-refractivity contribution in [1.29, 1.82) is 0 Å². The van der Waals surface area contributed by atoms with Crippen molar-refractivity contribution in [2.24, 2.45) is 0 Å². The summed E-state index contributed by atoms with van der Waals surface area (Å²) in [6.45, 7) is 0. The van der Waals surface area contributed by atoms with Crippen LogP contribution in [0, 0.1) is 0 Å². The molecule has 0 bridgehead atoms. The van der Waals surface area contributed by atoms with E-state index < -0.39 is 15.1 Å². The molecule has 0 radical (unpaired) electrons. The minimum Gasteiger partial charge on any atom is -0.223 e. The van der Waals surface area contributed by atoms with Gasteiger partial charge in [-0.3, -0.25) is 0 Å². The van der Waals surface area contributed by atoms with E-state index in [1.165, 1.54) is 16.7 Å². The van der Waals surface area contributed by atoms with Crippen LogP contribution in [0.3, 0.4) is 0 Å². The van der Waals surface area contributed by atoms with E-state index in [0.717, 1.165) is 4.88 Å². The van der Waals surface area contributed by atoms with Crippen molar-refractivity contribution in [3.63, 3.8) is 0 Å². The second-order valence-corrected chi connectivity index (χ2v) is 5.68. The van der Waals surface area contributed by atoms with Crippen LogP contribution < -0.4 is 0 Å². The number of hydrogen-bond donors (Lipinski definition) is 0. The minimum atomic E-state index is -3.10. The molecule has 4 heteroatoms. The molecule has 0 saturated carbocycles. The molecule has 0 fully saturated rings. The lowest BCUT2D eigenvalue weighted by molar-refractivity contribution is 0.599. The summed E-state index contributed by atoms with van der Waals surface area (Å²) in [6.07, 6.45) is 5.03. The number of sulfone groups is 1. The van der Waals surface area contributed by atoms with Gasteiger partial charge in [0, 0.05) is 10.3 Å². The van der Waals surface area contributed by atoms with Gasteiger partial charge in [0.1, 0.15) is 5.25 Å². The van der Waals surface area contributed by atoms with Crippen molar-refractivity contribution < 1.29 is 8.42 Å². The Kier molecular flexibility index (Phi) is 2.09. The van der Waals surface area contributed by atoms with Crippen molar-refractivity contribution in [3.05, 3.63) is 46.0 Å². The first kappa shape index (κ1) is 8.72. The first-order valence-electron chi connectivity index (χ1n) is 3.82. The number of hydrogen-bond acceptors (Lipinski definition) is 3. The van der Waals surface area contributed by atoms with Gasteiger partial charge in [0.2, 0.25) is 0 Å². The smallest absolute Gasteiger partial charge is 0.183 e. The fourth-order valence-corrected chi connectivity index (χ4v) is 3.67. The third-order valence-electron chi connectivity index (χ3n) is 1.84. The maximum atomic E-state index is 11.5. The molecule has 0 amide bonds. The van der Waals surface area contributed by atoms with Crippen molar-refractivity contribution >= 4 is 21.2 Å². The molecule has 1 aromatic rings. The number of thiophene rings is 1. The summed E-state index contributed by atoms with van der Waals surface area (Å²) in [5.74, 6) is 0. The Hall–Kier alpha value is -0.870. The van der Waals surface area contributed by atoms with E-state index in [1.807, 2.05) is 17.5 Å². The Morgan fingerprint density at radius 1 is 1.31 bits per heavy atom. The van der Waals surface area contributed by atoms with Crippen LogP contribution in [0.15, 0.2) is 41.1 Å². The molecule has 0 N–H and O–H groups in total. The third-order valence-corrected chi connectivity index (χ3v) is 4.60. The Morgan fingerprint density at radius 2 is 2.15 bits per heavy atom. The molecule has 0 spiro atoms. The summed E-state index contributed by atoms with van der Waals surface area (Å²) < 4.78 is 23.1. The van der Waals surface area contributed by atoms with E-state index in [1.54, 1.807) is 18.2 Å². The lowest BCUT2D eigenvalue weighted by atomic mass is 10.3. The first-order valence-corrected chi connectivity index (χ1v) is 6.31. The van der Waals surface area contributed by atoms with Gasteiger partial charge in [0.15, 0.2) is 9.84 Å². The molecule has 1 unspecified atom stereocenters. The topological polar surface area (TPSA) is 34.1 Å². The predicted octanol–water partition coefficient (Wildman–Crippen LogP) is 2.29. The molecule has 0 aromatic carbocycles. The van der Waals surface area contributed by atoms with E-state index in [2.05, 4.69) is 0 Å². The average Bonchev–Trinajstić information content (AvgIpc) is 2.55. The molecule has 1 atom stereocenters. The zero-order valence-electron chi connectivity index (χ0n) is 6.75. The molecular weight excluding hydrogens is 204 g/mol. The highest BCUT2D eigenvalue weighted by Gasteiger charge is 2.24. The van der Waals surface area contributed by atoms with E-state index in [0.29, 0.717) is 0 Å². The highest BCUT2D eigenvalue weighted by atomic mass is 32.2. The lowest BCUT2D eigenvalue weighted by Gasteiger charge is -2.10. The monoisotopic (exact) mass is 212 g/mol. The van der Waals surface area contributed by atoms with Gasteiger partial charge in [-0.2, -0.15) is 0 Å². The van der Waals surface area contributed by atoms with Crippen LogP contribution in [0.25, 0.3) is 0 Å². The predicted molar refractivity (Wildman–Crippen MR) is 54.3 cm³/mol. The SMILES string of the molecule is O=S1(=O)C=CC=CC1c1cccs1. The fraction of sp³-hybridized carbons (Fsp3) is 0.111. The Bertz CT molecular complexity index is 438. The summed E-state index contributed by atoms with van der Waals surface area (Å²) in [4.78, 5) is 0.876. The quantitative estimate of drug-likeness (QED) is 0.715. The van der Waals surface area contributed by atoms with Crippen molar-refractivity contribution in [1.82, 2.24) is 0 Å². The molecular formula is C9H8O2S2. The second-order valence-electron chi connectivity index (χ2n) is 2.74. The Morgan fingerprint density at radius 3 is 2.77 bits per heavy atom. The van der Waals surface area contributed by atoms with Crippen LogP contribution in [0.5, 0.6) is 0 Å². The van der Waals surface area contributed by atoms with Crippen LogP contribution in [0.2, 0.25) is 0 Å². The van der Waals surface area contributed by atoms with Gasteiger partial charge in [-0.25, -0.2) is 8.42 Å². The first-order chi connectivity index (χ1) is 6.20. The fourth-order valence-electron chi connectivity index (χ4n) is 1.22.